The molecule has 0 saturated carbocycles. The van der Waals surface area contributed by atoms with Crippen LogP contribution in [-0.4, -0.2) is 67.9 Å². The van der Waals surface area contributed by atoms with E-state index in [0.717, 1.165) is 51.9 Å². The molecule has 1 aliphatic carbocycles. The minimum absolute atomic E-state index is 0.129. The number of allylic oxidation sites excluding steroid dienone is 2. The standard InChI is InChI=1S/C32H45N3O/c1-25(2)30(29-17-16-26-12-9-10-15-28(26)29)24-31(36)34(5)20-11-21-35-22-18-32(19-23-35,33(3)4)27-13-7-6-8-14-27/h6-10,12-15,17,25,30H,11,16,18-24H2,1-5H3. The maximum absolute atomic E-state index is 13.2. The van der Waals surface area contributed by atoms with E-state index in [4.69, 9.17) is 0 Å². The van der Waals surface area contributed by atoms with E-state index >= 15 is 0 Å². The van der Waals surface area contributed by atoms with Crippen molar-refractivity contribution in [2.45, 2.75) is 51.5 Å². The molecule has 2 aromatic carbocycles. The summed E-state index contributed by atoms with van der Waals surface area (Å²) >= 11 is 0. The summed E-state index contributed by atoms with van der Waals surface area (Å²) in [5.74, 6) is 0.992. The summed E-state index contributed by atoms with van der Waals surface area (Å²) in [6, 6.07) is 19.6. The van der Waals surface area contributed by atoms with Crippen molar-refractivity contribution in [2.75, 3.05) is 47.3 Å². The van der Waals surface area contributed by atoms with Crippen LogP contribution >= 0.6 is 0 Å². The van der Waals surface area contributed by atoms with E-state index in [1.54, 1.807) is 0 Å². The molecule has 1 unspecified atom stereocenters. The van der Waals surface area contributed by atoms with Gasteiger partial charge in [0.15, 0.2) is 0 Å². The lowest BCUT2D eigenvalue weighted by Crippen LogP contribution is -2.50. The zero-order valence-corrected chi connectivity index (χ0v) is 23.0. The van der Waals surface area contributed by atoms with Crippen molar-refractivity contribution < 1.29 is 4.79 Å². The lowest BCUT2D eigenvalue weighted by atomic mass is 9.80. The number of hydrogen-bond acceptors (Lipinski definition) is 3. The average Bonchev–Trinajstić information content (AvgIpc) is 3.31. The van der Waals surface area contributed by atoms with Gasteiger partial charge in [0, 0.05) is 38.6 Å². The first kappa shape index (κ1) is 26.6. The third-order valence-electron chi connectivity index (χ3n) is 8.71. The Bertz CT molecular complexity index is 1030. The topological polar surface area (TPSA) is 26.8 Å². The molecule has 1 amide bonds. The summed E-state index contributed by atoms with van der Waals surface area (Å²) in [7, 11) is 6.42. The molecule has 36 heavy (non-hydrogen) atoms. The Labute approximate surface area is 219 Å². The minimum atomic E-state index is 0.129. The molecule has 194 valence electrons. The first-order valence-corrected chi connectivity index (χ1v) is 13.8. The van der Waals surface area contributed by atoms with Gasteiger partial charge in [0.05, 0.1) is 0 Å². The van der Waals surface area contributed by atoms with E-state index in [1.807, 2.05) is 11.9 Å². The zero-order chi connectivity index (χ0) is 25.7. The third kappa shape index (κ3) is 5.76. The van der Waals surface area contributed by atoms with Crippen LogP contribution < -0.4 is 0 Å². The van der Waals surface area contributed by atoms with Crippen LogP contribution in [0.2, 0.25) is 0 Å². The second kappa shape index (κ2) is 11.7. The third-order valence-corrected chi connectivity index (χ3v) is 8.71. The summed E-state index contributed by atoms with van der Waals surface area (Å²) in [4.78, 5) is 20.2. The number of likely N-dealkylation sites (tertiary alicyclic amines) is 1. The fraction of sp³-hybridized carbons (Fsp3) is 0.531. The molecule has 1 aliphatic heterocycles. The number of amides is 1. The lowest BCUT2D eigenvalue weighted by molar-refractivity contribution is -0.130. The van der Waals surface area contributed by atoms with Crippen molar-refractivity contribution in [3.05, 3.63) is 77.4 Å². The largest absolute Gasteiger partial charge is 0.346 e. The quantitative estimate of drug-likeness (QED) is 0.431. The highest BCUT2D eigenvalue weighted by atomic mass is 16.2. The van der Waals surface area contributed by atoms with Crippen molar-refractivity contribution in [1.29, 1.82) is 0 Å². The monoisotopic (exact) mass is 487 g/mol. The Morgan fingerprint density at radius 3 is 2.31 bits per heavy atom. The molecule has 1 saturated heterocycles. The molecule has 0 aromatic heterocycles. The predicted molar refractivity (Wildman–Crippen MR) is 151 cm³/mol. The molecule has 1 atom stereocenters. The van der Waals surface area contributed by atoms with Crippen LogP contribution in [0.25, 0.3) is 5.57 Å². The fourth-order valence-corrected chi connectivity index (χ4v) is 6.25. The van der Waals surface area contributed by atoms with Gasteiger partial charge >= 0.3 is 0 Å². The van der Waals surface area contributed by atoms with E-state index in [-0.39, 0.29) is 17.4 Å². The van der Waals surface area contributed by atoms with Gasteiger partial charge in [-0.25, -0.2) is 0 Å². The van der Waals surface area contributed by atoms with Gasteiger partial charge in [-0.2, -0.15) is 0 Å². The van der Waals surface area contributed by atoms with Crippen LogP contribution in [0.5, 0.6) is 0 Å². The highest BCUT2D eigenvalue weighted by molar-refractivity contribution is 5.82. The van der Waals surface area contributed by atoms with Gasteiger partial charge in [-0.15, -0.1) is 0 Å². The van der Waals surface area contributed by atoms with Crippen molar-refractivity contribution in [3.63, 3.8) is 0 Å². The van der Waals surface area contributed by atoms with Crippen molar-refractivity contribution >= 4 is 11.5 Å². The maximum atomic E-state index is 13.2. The predicted octanol–water partition coefficient (Wildman–Crippen LogP) is 5.69. The van der Waals surface area contributed by atoms with Crippen LogP contribution in [-0.2, 0) is 16.8 Å². The van der Waals surface area contributed by atoms with E-state index in [1.165, 1.54) is 22.3 Å². The highest BCUT2D eigenvalue weighted by Crippen LogP contribution is 2.39. The number of benzene rings is 2. The molecule has 1 heterocycles. The number of fused-ring (bicyclic) bond motifs is 1. The SMILES string of the molecule is CC(C)C(CC(=O)N(C)CCCN1CCC(c2ccccc2)(N(C)C)CC1)C1=CCc2ccccc21. The molecule has 2 aromatic rings. The van der Waals surface area contributed by atoms with Crippen LogP contribution in [0.4, 0.5) is 0 Å². The van der Waals surface area contributed by atoms with Gasteiger partial charge in [0.2, 0.25) is 5.91 Å². The second-order valence-electron chi connectivity index (χ2n) is 11.4. The summed E-state index contributed by atoms with van der Waals surface area (Å²) in [5, 5.41) is 0. The zero-order valence-electron chi connectivity index (χ0n) is 23.0. The Morgan fingerprint density at radius 2 is 1.64 bits per heavy atom. The van der Waals surface area contributed by atoms with Gasteiger partial charge in [0.1, 0.15) is 0 Å². The summed E-state index contributed by atoms with van der Waals surface area (Å²) in [5.41, 5.74) is 5.68. The second-order valence-corrected chi connectivity index (χ2v) is 11.4. The Morgan fingerprint density at radius 1 is 0.972 bits per heavy atom. The molecule has 0 N–H and O–H groups in total. The Hall–Kier alpha value is -2.43. The van der Waals surface area contributed by atoms with Crippen LogP contribution in [0.1, 0.15) is 56.2 Å². The smallest absolute Gasteiger partial charge is 0.222 e. The average molecular weight is 488 g/mol. The first-order valence-electron chi connectivity index (χ1n) is 13.8. The van der Waals surface area contributed by atoms with Crippen molar-refractivity contribution in [1.82, 2.24) is 14.7 Å². The molecule has 0 spiro atoms. The normalized spacial score (nSPS) is 18.2. The first-order chi connectivity index (χ1) is 17.3. The summed E-state index contributed by atoms with van der Waals surface area (Å²) < 4.78 is 0. The fourth-order valence-electron chi connectivity index (χ4n) is 6.25. The molecule has 4 nitrogen and oxygen atoms in total. The number of piperidine rings is 1. The van der Waals surface area contributed by atoms with Crippen LogP contribution in [0.15, 0.2) is 60.7 Å². The van der Waals surface area contributed by atoms with E-state index in [2.05, 4.69) is 98.4 Å². The molecule has 4 heteroatoms. The number of hydrogen-bond donors (Lipinski definition) is 0. The summed E-state index contributed by atoms with van der Waals surface area (Å²) in [6.45, 7) is 8.59. The minimum Gasteiger partial charge on any atom is -0.346 e. The van der Waals surface area contributed by atoms with Crippen molar-refractivity contribution in [3.8, 4) is 0 Å². The maximum Gasteiger partial charge on any atom is 0.222 e. The number of carbonyl (C=O) groups excluding carboxylic acids is 1. The molecule has 4 rings (SSSR count). The van der Waals surface area contributed by atoms with E-state index < -0.39 is 0 Å². The van der Waals surface area contributed by atoms with Crippen molar-refractivity contribution in [2.24, 2.45) is 11.8 Å². The molecule has 0 bridgehead atoms. The molecular weight excluding hydrogens is 442 g/mol. The van der Waals surface area contributed by atoms with Gasteiger partial charge in [0.25, 0.3) is 0 Å². The lowest BCUT2D eigenvalue weighted by Gasteiger charge is -2.46. The van der Waals surface area contributed by atoms with E-state index in [0.29, 0.717) is 12.3 Å². The molecule has 1 fully saturated rings. The van der Waals surface area contributed by atoms with Crippen LogP contribution in [0.3, 0.4) is 0 Å². The Balaban J connectivity index is 1.26. The molecule has 0 radical (unpaired) electrons. The highest BCUT2D eigenvalue weighted by Gasteiger charge is 2.38. The number of carbonyl (C=O) groups is 1. The van der Waals surface area contributed by atoms with Gasteiger partial charge < -0.3 is 9.80 Å². The van der Waals surface area contributed by atoms with Crippen LogP contribution in [0, 0.1) is 11.8 Å². The number of rotatable bonds is 10. The molecular formula is C32H45N3O. The van der Waals surface area contributed by atoms with Gasteiger partial charge in [-0.1, -0.05) is 74.5 Å². The van der Waals surface area contributed by atoms with Gasteiger partial charge in [-0.3, -0.25) is 9.69 Å². The number of nitrogens with zero attached hydrogens (tertiary/aromatic N) is 3. The van der Waals surface area contributed by atoms with Gasteiger partial charge in [-0.05, 0) is 80.4 Å². The summed E-state index contributed by atoms with van der Waals surface area (Å²) in [6.07, 6.45) is 7.26. The molecule has 2 aliphatic rings. The Kier molecular flexibility index (Phi) is 8.69. The van der Waals surface area contributed by atoms with E-state index in [9.17, 15) is 4.79 Å².